The number of halogens is 1. The number of rotatable bonds is 0. The van der Waals surface area contributed by atoms with Crippen molar-refractivity contribution >= 4 is 17.1 Å². The van der Waals surface area contributed by atoms with Crippen molar-refractivity contribution in [2.75, 3.05) is 13.6 Å². The molecule has 0 bridgehead atoms. The Morgan fingerprint density at radius 3 is 3.13 bits per heavy atom. The van der Waals surface area contributed by atoms with E-state index in [4.69, 9.17) is 0 Å². The van der Waals surface area contributed by atoms with Crippen LogP contribution in [0.25, 0.3) is 10.9 Å². The van der Waals surface area contributed by atoms with Crippen molar-refractivity contribution in [2.24, 2.45) is 0 Å². The van der Waals surface area contributed by atoms with Crippen LogP contribution in [0.2, 0.25) is 0 Å². The molecule has 0 atom stereocenters. The molecule has 0 saturated carbocycles. The third-order valence-corrected chi connectivity index (χ3v) is 2.95. The van der Waals surface area contributed by atoms with E-state index in [9.17, 15) is 4.39 Å². The van der Waals surface area contributed by atoms with Gasteiger partial charge in [-0.3, -0.25) is 0 Å². The molecule has 2 nitrogen and oxygen atoms in total. The Kier molecular flexibility index (Phi) is 1.69. The molecule has 0 radical (unpaired) electrons. The SMILES string of the molecule is C[N+]1=Cc2c([nH]c3ccc(F)cc23)CC1. The fourth-order valence-electron chi connectivity index (χ4n) is 2.16. The summed E-state index contributed by atoms with van der Waals surface area (Å²) in [5, 5.41) is 0.983. The molecule has 0 spiro atoms. The van der Waals surface area contributed by atoms with Gasteiger partial charge in [-0.05, 0) is 18.2 Å². The maximum atomic E-state index is 13.1. The van der Waals surface area contributed by atoms with Crippen LogP contribution in [0.5, 0.6) is 0 Å². The molecule has 15 heavy (non-hydrogen) atoms. The maximum Gasteiger partial charge on any atom is 0.172 e. The molecule has 3 rings (SSSR count). The van der Waals surface area contributed by atoms with Crippen LogP contribution in [0.4, 0.5) is 4.39 Å². The lowest BCUT2D eigenvalue weighted by Crippen LogP contribution is -2.18. The highest BCUT2D eigenvalue weighted by atomic mass is 19.1. The van der Waals surface area contributed by atoms with Crippen LogP contribution >= 0.6 is 0 Å². The maximum absolute atomic E-state index is 13.1. The average molecular weight is 203 g/mol. The average Bonchev–Trinajstić information content (AvgIpc) is 2.56. The summed E-state index contributed by atoms with van der Waals surface area (Å²) in [4.78, 5) is 3.34. The van der Waals surface area contributed by atoms with E-state index in [1.807, 2.05) is 7.05 Å². The summed E-state index contributed by atoms with van der Waals surface area (Å²) in [5.74, 6) is -0.175. The van der Waals surface area contributed by atoms with E-state index >= 15 is 0 Å². The van der Waals surface area contributed by atoms with E-state index in [-0.39, 0.29) is 5.82 Å². The summed E-state index contributed by atoms with van der Waals surface area (Å²) in [7, 11) is 2.04. The fourth-order valence-corrected chi connectivity index (χ4v) is 2.16. The van der Waals surface area contributed by atoms with Crippen molar-refractivity contribution in [3.8, 4) is 0 Å². The Balaban J connectivity index is 2.36. The van der Waals surface area contributed by atoms with Gasteiger partial charge in [-0.2, -0.15) is 0 Å². The van der Waals surface area contributed by atoms with Crippen molar-refractivity contribution in [3.63, 3.8) is 0 Å². The second kappa shape index (κ2) is 2.92. The first kappa shape index (κ1) is 8.65. The third kappa shape index (κ3) is 1.27. The quantitative estimate of drug-likeness (QED) is 0.631. The Morgan fingerprint density at radius 1 is 1.40 bits per heavy atom. The summed E-state index contributed by atoms with van der Waals surface area (Å²) in [5.41, 5.74) is 3.37. The molecule has 0 aliphatic carbocycles. The van der Waals surface area contributed by atoms with Gasteiger partial charge in [0.25, 0.3) is 0 Å². The van der Waals surface area contributed by atoms with Gasteiger partial charge in [-0.15, -0.1) is 0 Å². The summed E-state index contributed by atoms with van der Waals surface area (Å²) in [6.45, 7) is 1.02. The number of hydrogen-bond acceptors (Lipinski definition) is 0. The molecule has 2 aromatic rings. The van der Waals surface area contributed by atoms with Crippen LogP contribution in [0.3, 0.4) is 0 Å². The van der Waals surface area contributed by atoms with Crippen LogP contribution in [-0.4, -0.2) is 29.4 Å². The van der Waals surface area contributed by atoms with Gasteiger partial charge >= 0.3 is 0 Å². The third-order valence-electron chi connectivity index (χ3n) is 2.95. The van der Waals surface area contributed by atoms with Gasteiger partial charge in [0.2, 0.25) is 0 Å². The molecule has 0 amide bonds. The Bertz CT molecular complexity index is 566. The monoisotopic (exact) mass is 203 g/mol. The van der Waals surface area contributed by atoms with E-state index in [2.05, 4.69) is 15.8 Å². The van der Waals surface area contributed by atoms with Crippen LogP contribution in [0, 0.1) is 5.82 Å². The number of benzene rings is 1. The van der Waals surface area contributed by atoms with Gasteiger partial charge < -0.3 is 4.98 Å². The van der Waals surface area contributed by atoms with Gasteiger partial charge in [0.15, 0.2) is 6.21 Å². The van der Waals surface area contributed by atoms with Crippen molar-refractivity contribution in [2.45, 2.75) is 6.42 Å². The van der Waals surface area contributed by atoms with E-state index in [1.54, 1.807) is 12.1 Å². The second-order valence-corrected chi connectivity index (χ2v) is 4.07. The minimum absolute atomic E-state index is 0.175. The molecule has 2 heterocycles. The zero-order chi connectivity index (χ0) is 10.4. The standard InChI is InChI=1S/C12H11FN2/c1-15-5-4-12-10(7-15)9-6-8(13)2-3-11(9)14-12/h2-3,6-7H,4-5H2,1H3/p+1. The summed E-state index contributed by atoms with van der Waals surface area (Å²) < 4.78 is 15.3. The summed E-state index contributed by atoms with van der Waals surface area (Å²) in [6.07, 6.45) is 3.08. The number of nitrogens with zero attached hydrogens (tertiary/aromatic N) is 1. The second-order valence-electron chi connectivity index (χ2n) is 4.07. The minimum Gasteiger partial charge on any atom is -0.357 e. The van der Waals surface area contributed by atoms with Gasteiger partial charge in [-0.25, -0.2) is 8.97 Å². The lowest BCUT2D eigenvalue weighted by atomic mass is 10.1. The van der Waals surface area contributed by atoms with Crippen molar-refractivity contribution in [1.29, 1.82) is 0 Å². The zero-order valence-corrected chi connectivity index (χ0v) is 8.55. The van der Waals surface area contributed by atoms with Gasteiger partial charge in [0.05, 0.1) is 5.56 Å². The highest BCUT2D eigenvalue weighted by Gasteiger charge is 2.18. The zero-order valence-electron chi connectivity index (χ0n) is 8.55. The number of H-pyrrole nitrogens is 1. The van der Waals surface area contributed by atoms with Gasteiger partial charge in [-0.1, -0.05) is 0 Å². The van der Waals surface area contributed by atoms with Crippen LogP contribution in [0.15, 0.2) is 18.2 Å². The number of aromatic amines is 1. The first-order chi connectivity index (χ1) is 7.24. The molecule has 76 valence electrons. The lowest BCUT2D eigenvalue weighted by molar-refractivity contribution is -0.493. The fraction of sp³-hybridized carbons (Fsp3) is 0.250. The van der Waals surface area contributed by atoms with Crippen molar-refractivity contribution in [3.05, 3.63) is 35.3 Å². The smallest absolute Gasteiger partial charge is 0.172 e. The molecule has 1 N–H and O–H groups in total. The number of likely N-dealkylation sites (N-methyl/N-ethyl adjacent to an activating group) is 1. The summed E-state index contributed by atoms with van der Waals surface area (Å²) >= 11 is 0. The van der Waals surface area contributed by atoms with Crippen LogP contribution in [0.1, 0.15) is 11.3 Å². The Labute approximate surface area is 87.0 Å². The van der Waals surface area contributed by atoms with E-state index in [1.165, 1.54) is 11.8 Å². The van der Waals surface area contributed by atoms with E-state index in [0.29, 0.717) is 0 Å². The molecular weight excluding hydrogens is 191 g/mol. The first-order valence-corrected chi connectivity index (χ1v) is 5.09. The van der Waals surface area contributed by atoms with Crippen molar-refractivity contribution < 1.29 is 8.97 Å². The minimum atomic E-state index is -0.175. The highest BCUT2D eigenvalue weighted by Crippen LogP contribution is 2.23. The number of fused-ring (bicyclic) bond motifs is 3. The number of nitrogens with one attached hydrogen (secondary N) is 1. The largest absolute Gasteiger partial charge is 0.357 e. The molecule has 1 aliphatic heterocycles. The van der Waals surface area contributed by atoms with E-state index < -0.39 is 0 Å². The highest BCUT2D eigenvalue weighted by molar-refractivity contribution is 5.99. The Morgan fingerprint density at radius 2 is 2.27 bits per heavy atom. The Hall–Kier alpha value is -1.64. The first-order valence-electron chi connectivity index (χ1n) is 5.09. The molecule has 3 heteroatoms. The molecule has 0 saturated heterocycles. The number of aromatic nitrogens is 1. The molecule has 1 aromatic heterocycles. The normalized spacial score (nSPS) is 15.2. The predicted octanol–water partition coefficient (Wildman–Crippen LogP) is 1.92. The summed E-state index contributed by atoms with van der Waals surface area (Å²) in [6, 6.07) is 4.89. The van der Waals surface area contributed by atoms with E-state index in [0.717, 1.165) is 29.4 Å². The molecular formula is C12H12FN2+. The van der Waals surface area contributed by atoms with Crippen molar-refractivity contribution in [1.82, 2.24) is 4.98 Å². The molecule has 1 aliphatic rings. The predicted molar refractivity (Wildman–Crippen MR) is 58.2 cm³/mol. The van der Waals surface area contributed by atoms with Crippen LogP contribution < -0.4 is 0 Å². The molecule has 1 aromatic carbocycles. The lowest BCUT2D eigenvalue weighted by Gasteiger charge is -2.04. The number of hydrogen-bond donors (Lipinski definition) is 1. The van der Waals surface area contributed by atoms with Gasteiger partial charge in [0.1, 0.15) is 19.4 Å². The molecule has 0 unspecified atom stereocenters. The topological polar surface area (TPSA) is 18.8 Å². The molecule has 0 fully saturated rings. The van der Waals surface area contributed by atoms with Gasteiger partial charge in [0, 0.05) is 23.0 Å². The van der Waals surface area contributed by atoms with Crippen LogP contribution in [-0.2, 0) is 6.42 Å².